The van der Waals surface area contributed by atoms with Gasteiger partial charge in [0.25, 0.3) is 0 Å². The number of halogens is 1. The molecule has 19 heavy (non-hydrogen) atoms. The minimum atomic E-state index is 0.0444. The van der Waals surface area contributed by atoms with Crippen molar-refractivity contribution >= 4 is 21.8 Å². The van der Waals surface area contributed by atoms with Gasteiger partial charge in [0.2, 0.25) is 5.91 Å². The highest BCUT2D eigenvalue weighted by atomic mass is 79.9. The number of rotatable bonds is 7. The largest absolute Gasteiger partial charge is 0.396 e. The number of amides is 1. The van der Waals surface area contributed by atoms with Gasteiger partial charge in [-0.15, -0.1) is 0 Å². The standard InChI is InChI=1S/C15H22BrNO2/c1-11(2)14(9-10-18)17-15(19)8-7-12-5-3-4-6-13(12)16/h3-6,11,14,18H,7-10H2,1-2H3,(H,17,19). The molecule has 4 heteroatoms. The Kier molecular flexibility index (Phi) is 7.10. The van der Waals surface area contributed by atoms with E-state index in [0.717, 1.165) is 16.5 Å². The second-order valence-electron chi connectivity index (χ2n) is 5.02. The van der Waals surface area contributed by atoms with Crippen LogP contribution in [0, 0.1) is 5.92 Å². The van der Waals surface area contributed by atoms with E-state index in [1.54, 1.807) is 0 Å². The number of benzene rings is 1. The summed E-state index contributed by atoms with van der Waals surface area (Å²) in [6.45, 7) is 4.20. The SMILES string of the molecule is CC(C)C(CCO)NC(=O)CCc1ccccc1Br. The van der Waals surface area contributed by atoms with Gasteiger partial charge in [-0.25, -0.2) is 0 Å². The smallest absolute Gasteiger partial charge is 0.220 e. The van der Waals surface area contributed by atoms with Crippen molar-refractivity contribution < 1.29 is 9.90 Å². The summed E-state index contributed by atoms with van der Waals surface area (Å²) >= 11 is 3.48. The molecule has 1 rings (SSSR count). The average molecular weight is 328 g/mol. The molecule has 2 N–H and O–H groups in total. The molecule has 0 aliphatic rings. The molecule has 0 aliphatic carbocycles. The first-order chi connectivity index (χ1) is 9.04. The van der Waals surface area contributed by atoms with Crippen LogP contribution in [0.5, 0.6) is 0 Å². The fraction of sp³-hybridized carbons (Fsp3) is 0.533. The lowest BCUT2D eigenvalue weighted by Gasteiger charge is -2.21. The minimum Gasteiger partial charge on any atom is -0.396 e. The van der Waals surface area contributed by atoms with E-state index in [1.165, 1.54) is 0 Å². The Morgan fingerprint density at radius 2 is 2.05 bits per heavy atom. The van der Waals surface area contributed by atoms with E-state index >= 15 is 0 Å². The van der Waals surface area contributed by atoms with Crippen molar-refractivity contribution in [2.24, 2.45) is 5.92 Å². The lowest BCUT2D eigenvalue weighted by molar-refractivity contribution is -0.122. The van der Waals surface area contributed by atoms with Crippen LogP contribution in [-0.2, 0) is 11.2 Å². The van der Waals surface area contributed by atoms with Gasteiger partial charge in [0.1, 0.15) is 0 Å². The molecule has 1 amide bonds. The third kappa shape index (κ3) is 5.74. The van der Waals surface area contributed by atoms with Gasteiger partial charge in [-0.1, -0.05) is 48.0 Å². The molecule has 1 aromatic carbocycles. The van der Waals surface area contributed by atoms with E-state index in [0.29, 0.717) is 18.8 Å². The number of hydrogen-bond acceptors (Lipinski definition) is 2. The van der Waals surface area contributed by atoms with Gasteiger partial charge in [-0.3, -0.25) is 4.79 Å². The Balaban J connectivity index is 2.45. The molecule has 0 heterocycles. The van der Waals surface area contributed by atoms with E-state index in [1.807, 2.05) is 38.1 Å². The summed E-state index contributed by atoms with van der Waals surface area (Å²) in [4.78, 5) is 11.9. The molecule has 0 spiro atoms. The Hall–Kier alpha value is -0.870. The summed E-state index contributed by atoms with van der Waals surface area (Å²) in [5, 5.41) is 12.0. The monoisotopic (exact) mass is 327 g/mol. The zero-order chi connectivity index (χ0) is 14.3. The molecule has 1 aromatic rings. The summed E-state index contributed by atoms with van der Waals surface area (Å²) in [6.07, 6.45) is 1.80. The lowest BCUT2D eigenvalue weighted by Crippen LogP contribution is -2.39. The summed E-state index contributed by atoms with van der Waals surface area (Å²) in [5.41, 5.74) is 1.14. The fourth-order valence-corrected chi connectivity index (χ4v) is 2.42. The predicted molar refractivity (Wildman–Crippen MR) is 80.9 cm³/mol. The highest BCUT2D eigenvalue weighted by Crippen LogP contribution is 2.17. The van der Waals surface area contributed by atoms with Crippen LogP contribution in [0.4, 0.5) is 0 Å². The number of aliphatic hydroxyl groups excluding tert-OH is 1. The highest BCUT2D eigenvalue weighted by Gasteiger charge is 2.15. The molecule has 0 saturated carbocycles. The van der Waals surface area contributed by atoms with Crippen molar-refractivity contribution in [3.8, 4) is 0 Å². The van der Waals surface area contributed by atoms with Gasteiger partial charge < -0.3 is 10.4 Å². The molecular weight excluding hydrogens is 306 g/mol. The van der Waals surface area contributed by atoms with E-state index < -0.39 is 0 Å². The maximum absolute atomic E-state index is 11.9. The topological polar surface area (TPSA) is 49.3 Å². The average Bonchev–Trinajstić information content (AvgIpc) is 2.37. The molecule has 0 bridgehead atoms. The van der Waals surface area contributed by atoms with Crippen LogP contribution in [0.1, 0.15) is 32.3 Å². The second kappa shape index (κ2) is 8.33. The molecule has 0 aromatic heterocycles. The van der Waals surface area contributed by atoms with E-state index in [4.69, 9.17) is 5.11 Å². The van der Waals surface area contributed by atoms with Crippen molar-refractivity contribution in [1.82, 2.24) is 5.32 Å². The molecule has 0 aliphatic heterocycles. The van der Waals surface area contributed by atoms with Crippen molar-refractivity contribution in [2.75, 3.05) is 6.61 Å². The summed E-state index contributed by atoms with van der Waals surface area (Å²) < 4.78 is 1.04. The quantitative estimate of drug-likeness (QED) is 0.809. The van der Waals surface area contributed by atoms with Crippen LogP contribution in [-0.4, -0.2) is 23.7 Å². The third-order valence-corrected chi connectivity index (χ3v) is 3.94. The first kappa shape index (κ1) is 16.2. The number of aliphatic hydroxyl groups is 1. The molecule has 1 atom stereocenters. The van der Waals surface area contributed by atoms with Gasteiger partial charge in [-0.2, -0.15) is 0 Å². The maximum Gasteiger partial charge on any atom is 0.220 e. The number of carbonyl (C=O) groups is 1. The minimum absolute atomic E-state index is 0.0444. The van der Waals surface area contributed by atoms with Gasteiger partial charge in [0.05, 0.1) is 0 Å². The molecule has 106 valence electrons. The van der Waals surface area contributed by atoms with E-state index in [2.05, 4.69) is 21.2 Å². The summed E-state index contributed by atoms with van der Waals surface area (Å²) in [6, 6.07) is 7.99. The van der Waals surface area contributed by atoms with Crippen molar-refractivity contribution in [3.05, 3.63) is 34.3 Å². The van der Waals surface area contributed by atoms with Gasteiger partial charge >= 0.3 is 0 Å². The zero-order valence-corrected chi connectivity index (χ0v) is 13.1. The number of nitrogens with one attached hydrogen (secondary N) is 1. The van der Waals surface area contributed by atoms with Crippen LogP contribution in [0.3, 0.4) is 0 Å². The van der Waals surface area contributed by atoms with Crippen LogP contribution >= 0.6 is 15.9 Å². The van der Waals surface area contributed by atoms with E-state index in [9.17, 15) is 4.79 Å². The Morgan fingerprint density at radius 1 is 1.37 bits per heavy atom. The number of hydrogen-bond donors (Lipinski definition) is 2. The first-order valence-corrected chi connectivity index (χ1v) is 7.47. The number of carbonyl (C=O) groups excluding carboxylic acids is 1. The van der Waals surface area contributed by atoms with Crippen molar-refractivity contribution in [1.29, 1.82) is 0 Å². The molecule has 1 unspecified atom stereocenters. The fourth-order valence-electron chi connectivity index (χ4n) is 1.94. The Bertz CT molecular complexity index is 407. The summed E-state index contributed by atoms with van der Waals surface area (Å²) in [7, 11) is 0. The normalized spacial score (nSPS) is 12.5. The van der Waals surface area contributed by atoms with Crippen LogP contribution in [0.15, 0.2) is 28.7 Å². The predicted octanol–water partition coefficient (Wildman–Crippen LogP) is 2.90. The second-order valence-corrected chi connectivity index (χ2v) is 5.88. The van der Waals surface area contributed by atoms with Gasteiger partial charge in [0, 0.05) is 23.5 Å². The Labute approximate surface area is 123 Å². The van der Waals surface area contributed by atoms with Gasteiger partial charge in [-0.05, 0) is 30.4 Å². The van der Waals surface area contributed by atoms with Crippen molar-refractivity contribution in [2.45, 2.75) is 39.2 Å². The molecule has 0 saturated heterocycles. The lowest BCUT2D eigenvalue weighted by atomic mass is 10.0. The molecular formula is C15H22BrNO2. The van der Waals surface area contributed by atoms with E-state index in [-0.39, 0.29) is 18.6 Å². The Morgan fingerprint density at radius 3 is 2.63 bits per heavy atom. The number of aryl methyl sites for hydroxylation is 1. The van der Waals surface area contributed by atoms with Crippen molar-refractivity contribution in [3.63, 3.8) is 0 Å². The molecule has 0 fully saturated rings. The van der Waals surface area contributed by atoms with Crippen LogP contribution in [0.25, 0.3) is 0 Å². The van der Waals surface area contributed by atoms with Crippen LogP contribution in [0.2, 0.25) is 0 Å². The molecule has 0 radical (unpaired) electrons. The molecule has 3 nitrogen and oxygen atoms in total. The van der Waals surface area contributed by atoms with Crippen LogP contribution < -0.4 is 5.32 Å². The zero-order valence-electron chi connectivity index (χ0n) is 11.5. The summed E-state index contributed by atoms with van der Waals surface area (Å²) in [5.74, 6) is 0.377. The third-order valence-electron chi connectivity index (χ3n) is 3.17. The highest BCUT2D eigenvalue weighted by molar-refractivity contribution is 9.10. The maximum atomic E-state index is 11.9. The first-order valence-electron chi connectivity index (χ1n) is 6.68. The van der Waals surface area contributed by atoms with Gasteiger partial charge in [0.15, 0.2) is 0 Å².